The fourth-order valence-electron chi connectivity index (χ4n) is 2.19. The highest BCUT2D eigenvalue weighted by Gasteiger charge is 2.14. The molecule has 0 bridgehead atoms. The monoisotopic (exact) mass is 378 g/mol. The largest absolute Gasteiger partial charge is 0.298 e. The SMILES string of the molecule is CSc1ccccc1C(=O)Nc1nc2ccc(S(C)(=O)=O)cc2s1. The van der Waals surface area contributed by atoms with Gasteiger partial charge in [0, 0.05) is 11.2 Å². The third-order valence-electron chi connectivity index (χ3n) is 3.36. The van der Waals surface area contributed by atoms with E-state index in [9.17, 15) is 13.2 Å². The number of nitrogens with one attached hydrogen (secondary N) is 1. The lowest BCUT2D eigenvalue weighted by Gasteiger charge is -2.05. The molecular formula is C16H14N2O3S3. The van der Waals surface area contributed by atoms with Crippen LogP contribution in [0, 0.1) is 0 Å². The van der Waals surface area contributed by atoms with Crippen molar-refractivity contribution >= 4 is 54.2 Å². The molecule has 0 fully saturated rings. The highest BCUT2D eigenvalue weighted by molar-refractivity contribution is 7.98. The minimum Gasteiger partial charge on any atom is -0.298 e. The average Bonchev–Trinajstić information content (AvgIpc) is 2.95. The van der Waals surface area contributed by atoms with Crippen LogP contribution in [0.15, 0.2) is 52.3 Å². The molecule has 0 aliphatic heterocycles. The summed E-state index contributed by atoms with van der Waals surface area (Å²) in [6.45, 7) is 0. The van der Waals surface area contributed by atoms with Gasteiger partial charge in [-0.3, -0.25) is 10.1 Å². The molecule has 2 aromatic carbocycles. The van der Waals surface area contributed by atoms with E-state index in [1.807, 2.05) is 24.5 Å². The molecule has 1 aromatic heterocycles. The van der Waals surface area contributed by atoms with Crippen molar-refractivity contribution in [2.45, 2.75) is 9.79 Å². The number of fused-ring (bicyclic) bond motifs is 1. The van der Waals surface area contributed by atoms with Crippen LogP contribution in [0.5, 0.6) is 0 Å². The van der Waals surface area contributed by atoms with E-state index in [0.717, 1.165) is 11.2 Å². The van der Waals surface area contributed by atoms with Gasteiger partial charge in [-0.15, -0.1) is 11.8 Å². The second-order valence-electron chi connectivity index (χ2n) is 5.08. The van der Waals surface area contributed by atoms with Gasteiger partial charge in [0.15, 0.2) is 15.0 Å². The number of carbonyl (C=O) groups is 1. The first-order chi connectivity index (χ1) is 11.4. The smallest absolute Gasteiger partial charge is 0.258 e. The van der Waals surface area contributed by atoms with E-state index >= 15 is 0 Å². The Morgan fingerprint density at radius 2 is 1.96 bits per heavy atom. The maximum atomic E-state index is 12.4. The van der Waals surface area contributed by atoms with E-state index < -0.39 is 9.84 Å². The van der Waals surface area contributed by atoms with Gasteiger partial charge in [0.05, 0.1) is 20.7 Å². The second-order valence-corrected chi connectivity index (χ2v) is 8.97. The number of nitrogens with zero attached hydrogens (tertiary/aromatic N) is 1. The van der Waals surface area contributed by atoms with E-state index in [-0.39, 0.29) is 10.8 Å². The van der Waals surface area contributed by atoms with Crippen LogP contribution in [-0.2, 0) is 9.84 Å². The molecule has 0 saturated heterocycles. The molecule has 0 unspecified atom stereocenters. The summed E-state index contributed by atoms with van der Waals surface area (Å²) in [5.41, 5.74) is 1.24. The Balaban J connectivity index is 1.92. The predicted octanol–water partition coefficient (Wildman–Crippen LogP) is 3.67. The molecular weight excluding hydrogens is 364 g/mol. The number of hydrogen-bond donors (Lipinski definition) is 1. The van der Waals surface area contributed by atoms with Gasteiger partial charge in [0.2, 0.25) is 0 Å². The molecule has 0 atom stereocenters. The third-order valence-corrected chi connectivity index (χ3v) is 6.20. The van der Waals surface area contributed by atoms with Crippen molar-refractivity contribution in [1.29, 1.82) is 0 Å². The van der Waals surface area contributed by atoms with Crippen molar-refractivity contribution in [3.63, 3.8) is 0 Å². The summed E-state index contributed by atoms with van der Waals surface area (Å²) in [4.78, 5) is 17.9. The highest BCUT2D eigenvalue weighted by Crippen LogP contribution is 2.29. The summed E-state index contributed by atoms with van der Waals surface area (Å²) in [5, 5.41) is 3.23. The standard InChI is InChI=1S/C16H14N2O3S3/c1-22-13-6-4-3-5-11(13)15(19)18-16-17-12-8-7-10(24(2,20)21)9-14(12)23-16/h3-9H,1-2H3,(H,17,18,19). The maximum absolute atomic E-state index is 12.4. The Morgan fingerprint density at radius 1 is 1.21 bits per heavy atom. The Labute approximate surface area is 148 Å². The molecule has 0 aliphatic carbocycles. The molecule has 3 aromatic rings. The summed E-state index contributed by atoms with van der Waals surface area (Å²) >= 11 is 2.75. The molecule has 3 rings (SSSR count). The van der Waals surface area contributed by atoms with Gasteiger partial charge in [-0.05, 0) is 36.6 Å². The van der Waals surface area contributed by atoms with Gasteiger partial charge < -0.3 is 0 Å². The summed E-state index contributed by atoms with van der Waals surface area (Å²) in [5.74, 6) is -0.234. The molecule has 24 heavy (non-hydrogen) atoms. The van der Waals surface area contributed by atoms with E-state index in [4.69, 9.17) is 0 Å². The van der Waals surface area contributed by atoms with Gasteiger partial charge >= 0.3 is 0 Å². The first-order valence-corrected chi connectivity index (χ1v) is 10.9. The van der Waals surface area contributed by atoms with Gasteiger partial charge in [-0.25, -0.2) is 13.4 Å². The van der Waals surface area contributed by atoms with Crippen LogP contribution in [-0.4, -0.2) is 31.8 Å². The van der Waals surface area contributed by atoms with E-state index in [0.29, 0.717) is 20.9 Å². The minimum atomic E-state index is -3.27. The number of thioether (sulfide) groups is 1. The van der Waals surface area contributed by atoms with Crippen molar-refractivity contribution < 1.29 is 13.2 Å². The normalized spacial score (nSPS) is 11.6. The third kappa shape index (κ3) is 3.45. The van der Waals surface area contributed by atoms with Crippen LogP contribution in [0.3, 0.4) is 0 Å². The van der Waals surface area contributed by atoms with Gasteiger partial charge in [0.25, 0.3) is 5.91 Å². The fraction of sp³-hybridized carbons (Fsp3) is 0.125. The lowest BCUT2D eigenvalue weighted by molar-refractivity contribution is 0.102. The van der Waals surface area contributed by atoms with Crippen molar-refractivity contribution in [3.8, 4) is 0 Å². The van der Waals surface area contributed by atoms with E-state index in [1.54, 1.807) is 18.2 Å². The topological polar surface area (TPSA) is 76.1 Å². The van der Waals surface area contributed by atoms with E-state index in [2.05, 4.69) is 10.3 Å². The molecule has 0 spiro atoms. The first-order valence-electron chi connectivity index (χ1n) is 6.93. The molecule has 1 heterocycles. The maximum Gasteiger partial charge on any atom is 0.258 e. The number of amides is 1. The molecule has 1 N–H and O–H groups in total. The van der Waals surface area contributed by atoms with Crippen LogP contribution in [0.1, 0.15) is 10.4 Å². The lowest BCUT2D eigenvalue weighted by Crippen LogP contribution is -2.12. The minimum absolute atomic E-state index is 0.234. The van der Waals surface area contributed by atoms with Gasteiger partial charge in [-0.2, -0.15) is 0 Å². The number of rotatable bonds is 4. The fourth-order valence-corrected chi connectivity index (χ4v) is 4.40. The molecule has 0 saturated carbocycles. The Hall–Kier alpha value is -1.90. The van der Waals surface area contributed by atoms with Crippen LogP contribution in [0.25, 0.3) is 10.2 Å². The van der Waals surface area contributed by atoms with Gasteiger partial charge in [-0.1, -0.05) is 23.5 Å². The Kier molecular flexibility index (Phi) is 4.62. The van der Waals surface area contributed by atoms with E-state index in [1.165, 1.54) is 29.2 Å². The molecule has 8 heteroatoms. The van der Waals surface area contributed by atoms with Crippen molar-refractivity contribution in [2.24, 2.45) is 0 Å². The number of aromatic nitrogens is 1. The van der Waals surface area contributed by atoms with Crippen molar-refractivity contribution in [1.82, 2.24) is 4.98 Å². The zero-order chi connectivity index (χ0) is 17.3. The van der Waals surface area contributed by atoms with Crippen molar-refractivity contribution in [2.75, 3.05) is 17.8 Å². The highest BCUT2D eigenvalue weighted by atomic mass is 32.2. The number of benzene rings is 2. The molecule has 5 nitrogen and oxygen atoms in total. The average molecular weight is 379 g/mol. The quantitative estimate of drug-likeness (QED) is 0.701. The zero-order valence-electron chi connectivity index (χ0n) is 12.9. The predicted molar refractivity (Wildman–Crippen MR) is 98.9 cm³/mol. The molecule has 0 radical (unpaired) electrons. The summed E-state index contributed by atoms with van der Waals surface area (Å²) < 4.78 is 24.0. The first kappa shape index (κ1) is 16.9. The van der Waals surface area contributed by atoms with Crippen LogP contribution in [0.2, 0.25) is 0 Å². The Bertz CT molecular complexity index is 1030. The lowest BCUT2D eigenvalue weighted by atomic mass is 10.2. The number of carbonyl (C=O) groups excluding carboxylic acids is 1. The van der Waals surface area contributed by atoms with Gasteiger partial charge in [0.1, 0.15) is 0 Å². The summed E-state index contributed by atoms with van der Waals surface area (Å²) in [6.07, 6.45) is 3.08. The molecule has 1 amide bonds. The number of sulfone groups is 1. The number of hydrogen-bond acceptors (Lipinski definition) is 6. The summed E-state index contributed by atoms with van der Waals surface area (Å²) in [7, 11) is -3.27. The van der Waals surface area contributed by atoms with Crippen molar-refractivity contribution in [3.05, 3.63) is 48.0 Å². The van der Waals surface area contributed by atoms with Crippen LogP contribution >= 0.6 is 23.1 Å². The molecule has 124 valence electrons. The summed E-state index contributed by atoms with van der Waals surface area (Å²) in [6, 6.07) is 12.1. The number of anilines is 1. The number of thiazole rings is 1. The van der Waals surface area contributed by atoms with Crippen LogP contribution in [0.4, 0.5) is 5.13 Å². The molecule has 0 aliphatic rings. The Morgan fingerprint density at radius 3 is 2.67 bits per heavy atom. The van der Waals surface area contributed by atoms with Crippen LogP contribution < -0.4 is 5.32 Å². The second kappa shape index (κ2) is 6.54. The zero-order valence-corrected chi connectivity index (χ0v) is 15.4.